The molecule has 4 amide bonds. The van der Waals surface area contributed by atoms with E-state index in [0.29, 0.717) is 16.9 Å². The van der Waals surface area contributed by atoms with E-state index in [-0.39, 0.29) is 30.1 Å². The van der Waals surface area contributed by atoms with Gasteiger partial charge in [0.2, 0.25) is 5.91 Å². The topological polar surface area (TPSA) is 205 Å². The normalized spacial score (nSPS) is 17.3. The first kappa shape index (κ1) is 29.9. The number of anilines is 1. The van der Waals surface area contributed by atoms with E-state index in [1.807, 2.05) is 0 Å². The standard InChI is InChI=1S/C27H31N5O8/c1-17(33)27(25(38)39,31(19-11-6-3-7-12-19)23(36)20(29)15-22(34)35)32-24(37)21(13-8-14-28)30(26(32)40)16-18-9-4-2-5-10-18/h2-7,9-12,20-21H,8,13-16,28-29H2,1H3,(H,34,35)(H,38,39)/t20-,21-,27+/m0/s1. The van der Waals surface area contributed by atoms with Gasteiger partial charge in [-0.05, 0) is 44.0 Å². The highest BCUT2D eigenvalue weighted by Crippen LogP contribution is 2.36. The Morgan fingerprint density at radius 1 is 1.00 bits per heavy atom. The number of carboxylic acids is 2. The second-order valence-electron chi connectivity index (χ2n) is 9.26. The van der Waals surface area contributed by atoms with Crippen molar-refractivity contribution in [1.29, 1.82) is 0 Å². The number of nitrogens with two attached hydrogens (primary N) is 2. The Kier molecular flexibility index (Phi) is 9.35. The molecule has 0 aromatic heterocycles. The third-order valence-electron chi connectivity index (χ3n) is 6.58. The van der Waals surface area contributed by atoms with Gasteiger partial charge < -0.3 is 26.6 Å². The van der Waals surface area contributed by atoms with Crippen molar-refractivity contribution in [2.75, 3.05) is 11.4 Å². The molecule has 1 heterocycles. The van der Waals surface area contributed by atoms with Crippen LogP contribution in [-0.4, -0.2) is 79.9 Å². The van der Waals surface area contributed by atoms with E-state index in [9.17, 15) is 39.0 Å². The zero-order chi connectivity index (χ0) is 29.6. The summed E-state index contributed by atoms with van der Waals surface area (Å²) in [7, 11) is 0. The fourth-order valence-electron chi connectivity index (χ4n) is 4.73. The highest BCUT2D eigenvalue weighted by atomic mass is 16.4. The number of rotatable bonds is 13. The van der Waals surface area contributed by atoms with Crippen molar-refractivity contribution in [2.24, 2.45) is 11.5 Å². The molecule has 1 aliphatic heterocycles. The van der Waals surface area contributed by atoms with Crippen molar-refractivity contribution < 1.29 is 39.0 Å². The van der Waals surface area contributed by atoms with Gasteiger partial charge in [-0.15, -0.1) is 0 Å². The van der Waals surface area contributed by atoms with Crippen LogP contribution in [0.3, 0.4) is 0 Å². The molecule has 1 aliphatic rings. The van der Waals surface area contributed by atoms with Crippen LogP contribution in [0.1, 0.15) is 31.7 Å². The Bertz CT molecular complexity index is 1270. The highest BCUT2D eigenvalue weighted by molar-refractivity contribution is 6.23. The summed E-state index contributed by atoms with van der Waals surface area (Å²) in [5.74, 6) is -7.01. The molecule has 0 radical (unpaired) electrons. The van der Waals surface area contributed by atoms with E-state index in [1.54, 1.807) is 36.4 Å². The molecule has 2 aromatic rings. The molecule has 2 aromatic carbocycles. The number of para-hydroxylation sites is 1. The van der Waals surface area contributed by atoms with Gasteiger partial charge in [-0.1, -0.05) is 48.5 Å². The molecule has 1 saturated heterocycles. The fourth-order valence-corrected chi connectivity index (χ4v) is 4.73. The van der Waals surface area contributed by atoms with Gasteiger partial charge in [0.1, 0.15) is 6.04 Å². The van der Waals surface area contributed by atoms with Crippen LogP contribution in [-0.2, 0) is 30.5 Å². The highest BCUT2D eigenvalue weighted by Gasteiger charge is 2.65. The molecular formula is C27H31N5O8. The zero-order valence-corrected chi connectivity index (χ0v) is 21.8. The van der Waals surface area contributed by atoms with Crippen molar-refractivity contribution in [2.45, 2.75) is 50.5 Å². The van der Waals surface area contributed by atoms with E-state index in [2.05, 4.69) is 0 Å². The molecule has 6 N–H and O–H groups in total. The second kappa shape index (κ2) is 12.5. The van der Waals surface area contributed by atoms with Crippen LogP contribution >= 0.6 is 0 Å². The molecule has 0 saturated carbocycles. The maximum absolute atomic E-state index is 14.0. The summed E-state index contributed by atoms with van der Waals surface area (Å²) in [4.78, 5) is 81.3. The number of carbonyl (C=O) groups excluding carboxylic acids is 4. The summed E-state index contributed by atoms with van der Waals surface area (Å²) in [5.41, 5.74) is 8.73. The molecule has 0 unspecified atom stereocenters. The van der Waals surface area contributed by atoms with Gasteiger partial charge in [-0.25, -0.2) is 14.5 Å². The summed E-state index contributed by atoms with van der Waals surface area (Å²) in [5, 5.41) is 19.8. The summed E-state index contributed by atoms with van der Waals surface area (Å²) in [6.07, 6.45) is -0.541. The Morgan fingerprint density at radius 2 is 1.57 bits per heavy atom. The third kappa shape index (κ3) is 5.55. The van der Waals surface area contributed by atoms with E-state index in [4.69, 9.17) is 11.5 Å². The van der Waals surface area contributed by atoms with Crippen LogP contribution in [0.4, 0.5) is 10.5 Å². The van der Waals surface area contributed by atoms with Crippen LogP contribution in [0.15, 0.2) is 60.7 Å². The lowest BCUT2D eigenvalue weighted by molar-refractivity contribution is -0.161. The third-order valence-corrected chi connectivity index (χ3v) is 6.58. The van der Waals surface area contributed by atoms with Crippen molar-refractivity contribution in [3.63, 3.8) is 0 Å². The van der Waals surface area contributed by atoms with Crippen LogP contribution in [0, 0.1) is 0 Å². The second-order valence-corrected chi connectivity index (χ2v) is 9.26. The van der Waals surface area contributed by atoms with E-state index >= 15 is 0 Å². The quantitative estimate of drug-likeness (QED) is 0.202. The minimum atomic E-state index is -3.21. The first-order chi connectivity index (χ1) is 19.0. The molecule has 0 bridgehead atoms. The summed E-state index contributed by atoms with van der Waals surface area (Å²) >= 11 is 0. The molecule has 13 nitrogen and oxygen atoms in total. The molecular weight excluding hydrogens is 522 g/mol. The van der Waals surface area contributed by atoms with Gasteiger partial charge in [0.25, 0.3) is 11.6 Å². The summed E-state index contributed by atoms with van der Waals surface area (Å²) in [6, 6.07) is 11.5. The Labute approximate surface area is 229 Å². The van der Waals surface area contributed by atoms with Crippen LogP contribution in [0.2, 0.25) is 0 Å². The maximum atomic E-state index is 14.0. The summed E-state index contributed by atoms with van der Waals surface area (Å²) < 4.78 is 0. The molecule has 40 heavy (non-hydrogen) atoms. The lowest BCUT2D eigenvalue weighted by Crippen LogP contribution is -2.74. The molecule has 1 fully saturated rings. The SMILES string of the molecule is CC(=O)[C@](C(=O)O)(N1C(=O)[C@H](CCCN)N(Cc2ccccc2)C1=O)N(C(=O)[C@@H](N)CC(=O)O)c1ccccc1. The number of hydrogen-bond acceptors (Lipinski definition) is 8. The van der Waals surface area contributed by atoms with E-state index in [1.165, 1.54) is 24.3 Å². The minimum Gasteiger partial charge on any atom is -0.481 e. The van der Waals surface area contributed by atoms with Crippen LogP contribution in [0.5, 0.6) is 0 Å². The van der Waals surface area contributed by atoms with Gasteiger partial charge >= 0.3 is 18.0 Å². The molecule has 3 rings (SSSR count). The monoisotopic (exact) mass is 553 g/mol. The van der Waals surface area contributed by atoms with E-state index in [0.717, 1.165) is 11.8 Å². The first-order valence-corrected chi connectivity index (χ1v) is 12.5. The number of aliphatic carboxylic acids is 2. The molecule has 3 atom stereocenters. The lowest BCUT2D eigenvalue weighted by Gasteiger charge is -2.43. The smallest absolute Gasteiger partial charge is 0.360 e. The van der Waals surface area contributed by atoms with Gasteiger partial charge in [0, 0.05) is 12.2 Å². The average molecular weight is 554 g/mol. The summed E-state index contributed by atoms with van der Waals surface area (Å²) in [6.45, 7) is 0.907. The Hall–Kier alpha value is -4.62. The Balaban J connectivity index is 2.26. The molecule has 0 aliphatic carbocycles. The maximum Gasteiger partial charge on any atom is 0.360 e. The number of nitrogens with zero attached hydrogens (tertiary/aromatic N) is 3. The number of imide groups is 1. The van der Waals surface area contributed by atoms with Gasteiger partial charge in [0.05, 0.1) is 12.5 Å². The predicted octanol–water partition coefficient (Wildman–Crippen LogP) is 0.763. The van der Waals surface area contributed by atoms with Crippen molar-refractivity contribution in [3.05, 3.63) is 66.2 Å². The average Bonchev–Trinajstić information content (AvgIpc) is 3.14. The minimum absolute atomic E-state index is 0.0653. The molecule has 0 spiro atoms. The van der Waals surface area contributed by atoms with Crippen molar-refractivity contribution in [1.82, 2.24) is 9.80 Å². The van der Waals surface area contributed by atoms with E-state index < -0.39 is 59.7 Å². The lowest BCUT2D eigenvalue weighted by atomic mass is 9.97. The molecule has 13 heteroatoms. The number of ketones is 1. The zero-order valence-electron chi connectivity index (χ0n) is 21.8. The number of urea groups is 1. The number of benzene rings is 2. The number of carboxylic acid groups (broad SMARTS) is 2. The van der Waals surface area contributed by atoms with Crippen LogP contribution in [0.25, 0.3) is 0 Å². The van der Waals surface area contributed by atoms with Crippen molar-refractivity contribution >= 4 is 41.3 Å². The predicted molar refractivity (Wildman–Crippen MR) is 142 cm³/mol. The number of Topliss-reactive ketones (excluding diaryl/α,β-unsaturated/α-hetero) is 1. The van der Waals surface area contributed by atoms with Crippen LogP contribution < -0.4 is 16.4 Å². The first-order valence-electron chi connectivity index (χ1n) is 12.5. The van der Waals surface area contributed by atoms with Crippen molar-refractivity contribution in [3.8, 4) is 0 Å². The Morgan fingerprint density at radius 3 is 2.08 bits per heavy atom. The van der Waals surface area contributed by atoms with Gasteiger partial charge in [-0.3, -0.25) is 24.1 Å². The number of carbonyl (C=O) groups is 6. The largest absolute Gasteiger partial charge is 0.481 e. The van der Waals surface area contributed by atoms with Gasteiger partial charge in [-0.2, -0.15) is 0 Å². The van der Waals surface area contributed by atoms with Gasteiger partial charge in [0.15, 0.2) is 5.78 Å². The molecule has 212 valence electrons. The fraction of sp³-hybridized carbons (Fsp3) is 0.333. The number of hydrogen-bond donors (Lipinski definition) is 4. The number of amides is 4.